The molecule has 0 atom stereocenters. The number of carbonyl (C=O) groups excluding carboxylic acids is 1. The lowest BCUT2D eigenvalue weighted by atomic mass is 10.1. The summed E-state index contributed by atoms with van der Waals surface area (Å²) in [6.45, 7) is 7.23. The second-order valence-corrected chi connectivity index (χ2v) is 3.42. The first kappa shape index (κ1) is 9.63. The first-order chi connectivity index (χ1) is 4.56. The minimum absolute atomic E-state index is 0.170. The van der Waals surface area contributed by atoms with E-state index in [0.717, 1.165) is 13.0 Å². The standard InChI is InChI=1S/C8H16NO/c1-8(2,3)9-6-4-5-7-10/h9H,4-6H2,1-3H3. The third-order valence-corrected chi connectivity index (χ3v) is 1.11. The van der Waals surface area contributed by atoms with Crippen LogP contribution in [0.5, 0.6) is 0 Å². The van der Waals surface area contributed by atoms with E-state index in [0.29, 0.717) is 6.42 Å². The van der Waals surface area contributed by atoms with E-state index >= 15 is 0 Å². The van der Waals surface area contributed by atoms with Gasteiger partial charge in [0.15, 0.2) is 6.29 Å². The second-order valence-electron chi connectivity index (χ2n) is 3.42. The third kappa shape index (κ3) is 7.63. The van der Waals surface area contributed by atoms with Crippen molar-refractivity contribution in [3.63, 3.8) is 0 Å². The lowest BCUT2D eigenvalue weighted by Crippen LogP contribution is -2.36. The molecule has 10 heavy (non-hydrogen) atoms. The van der Waals surface area contributed by atoms with E-state index in [2.05, 4.69) is 26.1 Å². The predicted octanol–water partition coefficient (Wildman–Crippen LogP) is 1.26. The zero-order valence-electron chi connectivity index (χ0n) is 7.03. The molecule has 0 spiro atoms. The topological polar surface area (TPSA) is 29.1 Å². The summed E-state index contributed by atoms with van der Waals surface area (Å²) in [7, 11) is 0. The molecule has 0 aromatic rings. The molecule has 0 bridgehead atoms. The van der Waals surface area contributed by atoms with Gasteiger partial charge in [-0.1, -0.05) is 0 Å². The molecule has 0 aromatic carbocycles. The Labute approximate surface area is 63.0 Å². The zero-order valence-corrected chi connectivity index (χ0v) is 7.03. The Morgan fingerprint density at radius 1 is 1.40 bits per heavy atom. The van der Waals surface area contributed by atoms with Crippen molar-refractivity contribution in [3.8, 4) is 0 Å². The fourth-order valence-corrected chi connectivity index (χ4v) is 0.624. The molecule has 0 saturated heterocycles. The molecule has 0 heterocycles. The molecular formula is C8H16NO. The van der Waals surface area contributed by atoms with Crippen molar-refractivity contribution in [1.29, 1.82) is 0 Å². The molecule has 2 nitrogen and oxygen atoms in total. The molecule has 0 amide bonds. The Hall–Kier alpha value is -0.370. The van der Waals surface area contributed by atoms with Gasteiger partial charge in [-0.2, -0.15) is 0 Å². The fraction of sp³-hybridized carbons (Fsp3) is 0.875. The molecule has 0 unspecified atom stereocenters. The number of unbranched alkanes of at least 4 members (excludes halogenated alkanes) is 1. The van der Waals surface area contributed by atoms with E-state index in [1.807, 2.05) is 6.29 Å². The van der Waals surface area contributed by atoms with Crippen LogP contribution in [0, 0.1) is 0 Å². The molecule has 0 rings (SSSR count). The van der Waals surface area contributed by atoms with Crippen LogP contribution in [0.3, 0.4) is 0 Å². The molecule has 0 fully saturated rings. The lowest BCUT2D eigenvalue weighted by molar-refractivity contribution is 0.422. The molecule has 0 saturated carbocycles. The quantitative estimate of drug-likeness (QED) is 0.599. The molecule has 1 N–H and O–H groups in total. The van der Waals surface area contributed by atoms with E-state index in [1.54, 1.807) is 0 Å². The van der Waals surface area contributed by atoms with Crippen LogP contribution in [0.2, 0.25) is 0 Å². The summed E-state index contributed by atoms with van der Waals surface area (Å²) in [5, 5.41) is 3.28. The average Bonchev–Trinajstić information content (AvgIpc) is 1.78. The smallest absolute Gasteiger partial charge is 0.198 e. The zero-order chi connectivity index (χ0) is 8.04. The second kappa shape index (κ2) is 4.45. The molecule has 59 valence electrons. The van der Waals surface area contributed by atoms with Crippen molar-refractivity contribution in [2.24, 2.45) is 0 Å². The number of hydrogen-bond acceptors (Lipinski definition) is 2. The molecule has 2 heteroatoms. The van der Waals surface area contributed by atoms with E-state index in [-0.39, 0.29) is 5.54 Å². The van der Waals surface area contributed by atoms with E-state index in [1.165, 1.54) is 0 Å². The van der Waals surface area contributed by atoms with Gasteiger partial charge in [-0.05, 0) is 33.7 Å². The monoisotopic (exact) mass is 142 g/mol. The highest BCUT2D eigenvalue weighted by Gasteiger charge is 2.06. The van der Waals surface area contributed by atoms with E-state index in [4.69, 9.17) is 0 Å². The number of rotatable bonds is 4. The van der Waals surface area contributed by atoms with Gasteiger partial charge in [0.05, 0.1) is 0 Å². The number of hydrogen-bond donors (Lipinski definition) is 1. The van der Waals surface area contributed by atoms with Gasteiger partial charge >= 0.3 is 0 Å². The van der Waals surface area contributed by atoms with Crippen LogP contribution in [-0.2, 0) is 4.79 Å². The Morgan fingerprint density at radius 2 is 2.00 bits per heavy atom. The summed E-state index contributed by atoms with van der Waals surface area (Å²) < 4.78 is 0. The summed E-state index contributed by atoms with van der Waals surface area (Å²) in [6, 6.07) is 0. The molecule has 1 radical (unpaired) electrons. The lowest BCUT2D eigenvalue weighted by Gasteiger charge is -2.19. The maximum atomic E-state index is 9.78. The van der Waals surface area contributed by atoms with Crippen LogP contribution >= 0.6 is 0 Å². The normalized spacial score (nSPS) is 11.5. The summed E-state index contributed by atoms with van der Waals surface area (Å²) in [6.07, 6.45) is 3.30. The number of nitrogens with one attached hydrogen (secondary N) is 1. The van der Waals surface area contributed by atoms with Gasteiger partial charge in [-0.15, -0.1) is 0 Å². The van der Waals surface area contributed by atoms with Gasteiger partial charge in [-0.25, -0.2) is 0 Å². The minimum Gasteiger partial charge on any atom is -0.312 e. The van der Waals surface area contributed by atoms with Crippen molar-refractivity contribution in [1.82, 2.24) is 5.32 Å². The highest BCUT2D eigenvalue weighted by molar-refractivity contribution is 5.50. The Balaban J connectivity index is 3.12. The minimum atomic E-state index is 0.170. The molecule has 0 aliphatic heterocycles. The Bertz CT molecular complexity index is 93.9. The van der Waals surface area contributed by atoms with Gasteiger partial charge in [-0.3, -0.25) is 4.79 Å². The third-order valence-electron chi connectivity index (χ3n) is 1.11. The summed E-state index contributed by atoms with van der Waals surface area (Å²) in [4.78, 5) is 9.78. The van der Waals surface area contributed by atoms with Crippen LogP contribution < -0.4 is 5.32 Å². The molecule has 0 aromatic heterocycles. The fourth-order valence-electron chi connectivity index (χ4n) is 0.624. The van der Waals surface area contributed by atoms with Crippen LogP contribution in [0.4, 0.5) is 0 Å². The van der Waals surface area contributed by atoms with Crippen molar-refractivity contribution in [2.45, 2.75) is 39.2 Å². The predicted molar refractivity (Wildman–Crippen MR) is 42.7 cm³/mol. The summed E-state index contributed by atoms with van der Waals surface area (Å²) in [5.74, 6) is 0. The van der Waals surface area contributed by atoms with E-state index in [9.17, 15) is 4.79 Å². The molecular weight excluding hydrogens is 126 g/mol. The first-order valence-electron chi connectivity index (χ1n) is 3.66. The maximum Gasteiger partial charge on any atom is 0.198 e. The van der Waals surface area contributed by atoms with Crippen LogP contribution in [0.15, 0.2) is 0 Å². The SMILES string of the molecule is CC(C)(C)NCCC[C]=O. The van der Waals surface area contributed by atoms with Crippen molar-refractivity contribution < 1.29 is 4.79 Å². The van der Waals surface area contributed by atoms with Gasteiger partial charge in [0.25, 0.3) is 0 Å². The van der Waals surface area contributed by atoms with E-state index < -0.39 is 0 Å². The average molecular weight is 142 g/mol. The Morgan fingerprint density at radius 3 is 2.40 bits per heavy atom. The highest BCUT2D eigenvalue weighted by atomic mass is 16.1. The van der Waals surface area contributed by atoms with Crippen LogP contribution in [0.1, 0.15) is 33.6 Å². The molecule has 0 aliphatic carbocycles. The van der Waals surface area contributed by atoms with Gasteiger partial charge in [0, 0.05) is 12.0 Å². The van der Waals surface area contributed by atoms with Crippen molar-refractivity contribution >= 4 is 6.29 Å². The summed E-state index contributed by atoms with van der Waals surface area (Å²) in [5.41, 5.74) is 0.170. The largest absolute Gasteiger partial charge is 0.312 e. The highest BCUT2D eigenvalue weighted by Crippen LogP contribution is 1.98. The summed E-state index contributed by atoms with van der Waals surface area (Å²) >= 11 is 0. The first-order valence-corrected chi connectivity index (χ1v) is 3.66. The maximum absolute atomic E-state index is 9.78. The molecule has 0 aliphatic rings. The Kier molecular flexibility index (Phi) is 4.28. The van der Waals surface area contributed by atoms with Crippen molar-refractivity contribution in [2.75, 3.05) is 6.54 Å². The van der Waals surface area contributed by atoms with Crippen molar-refractivity contribution in [3.05, 3.63) is 0 Å². The van der Waals surface area contributed by atoms with Gasteiger partial charge in [0.1, 0.15) is 0 Å². The van der Waals surface area contributed by atoms with Gasteiger partial charge < -0.3 is 5.32 Å². The van der Waals surface area contributed by atoms with Crippen LogP contribution in [0.25, 0.3) is 0 Å². The van der Waals surface area contributed by atoms with Gasteiger partial charge in [0.2, 0.25) is 0 Å². The van der Waals surface area contributed by atoms with Crippen LogP contribution in [-0.4, -0.2) is 18.4 Å².